The molecule has 0 spiro atoms. The molecular formula is C25H35N3O3. The van der Waals surface area contributed by atoms with Crippen molar-refractivity contribution in [1.82, 2.24) is 14.7 Å². The third-order valence-electron chi connectivity index (χ3n) is 7.55. The summed E-state index contributed by atoms with van der Waals surface area (Å²) in [4.78, 5) is 42.3. The van der Waals surface area contributed by atoms with E-state index in [0.29, 0.717) is 39.0 Å². The van der Waals surface area contributed by atoms with Gasteiger partial charge >= 0.3 is 0 Å². The van der Waals surface area contributed by atoms with Gasteiger partial charge in [0.25, 0.3) is 5.91 Å². The molecule has 0 bridgehead atoms. The Morgan fingerprint density at radius 3 is 2.03 bits per heavy atom. The number of amides is 3. The average molecular weight is 426 g/mol. The summed E-state index contributed by atoms with van der Waals surface area (Å²) >= 11 is 0. The van der Waals surface area contributed by atoms with Gasteiger partial charge in [-0.25, -0.2) is 0 Å². The minimum Gasteiger partial charge on any atom is -0.336 e. The minimum atomic E-state index is -0.0580. The van der Waals surface area contributed by atoms with Gasteiger partial charge in [0.1, 0.15) is 0 Å². The highest BCUT2D eigenvalue weighted by molar-refractivity contribution is 6.01. The number of hydrogen-bond acceptors (Lipinski definition) is 4. The fourth-order valence-electron chi connectivity index (χ4n) is 5.19. The monoisotopic (exact) mass is 425 g/mol. The van der Waals surface area contributed by atoms with Gasteiger partial charge in [0.05, 0.1) is 0 Å². The van der Waals surface area contributed by atoms with Crippen molar-refractivity contribution in [2.45, 2.75) is 64.2 Å². The Kier molecular flexibility index (Phi) is 5.71. The summed E-state index contributed by atoms with van der Waals surface area (Å²) in [5.41, 5.74) is 3.70. The van der Waals surface area contributed by atoms with Crippen molar-refractivity contribution in [3.05, 3.63) is 34.9 Å². The highest BCUT2D eigenvalue weighted by atomic mass is 16.2. The van der Waals surface area contributed by atoms with Crippen LogP contribution in [0.3, 0.4) is 0 Å². The van der Waals surface area contributed by atoms with Crippen molar-refractivity contribution in [3.63, 3.8) is 0 Å². The fourth-order valence-corrected chi connectivity index (χ4v) is 5.19. The molecule has 3 amide bonds. The summed E-state index contributed by atoms with van der Waals surface area (Å²) in [6, 6.07) is 6.31. The Labute approximate surface area is 185 Å². The number of nitrogens with zero attached hydrogens (tertiary/aromatic N) is 3. The number of carbonyl (C=O) groups excluding carboxylic acids is 3. The second kappa shape index (κ2) is 8.05. The van der Waals surface area contributed by atoms with Crippen LogP contribution in [0.4, 0.5) is 0 Å². The lowest BCUT2D eigenvalue weighted by molar-refractivity contribution is -0.138. The molecule has 2 fully saturated rings. The zero-order valence-corrected chi connectivity index (χ0v) is 19.4. The van der Waals surface area contributed by atoms with Crippen molar-refractivity contribution in [2.75, 3.05) is 39.3 Å². The quantitative estimate of drug-likeness (QED) is 0.696. The molecule has 0 N–H and O–H groups in total. The molecule has 31 heavy (non-hydrogen) atoms. The van der Waals surface area contributed by atoms with Crippen LogP contribution in [0.1, 0.15) is 74.9 Å². The van der Waals surface area contributed by atoms with Crippen LogP contribution in [0, 0.1) is 0 Å². The lowest BCUT2D eigenvalue weighted by atomic mass is 9.63. The molecule has 2 heterocycles. The number of hydrogen-bond donors (Lipinski definition) is 0. The standard InChI is InChI=1S/C25H35N3O3/c1-24(2)9-10-25(3,4)20-17-18(5-6-19(20)24)23(31)27-14-11-26(12-15-27)13-16-28-21(29)7-8-22(28)30/h5-6,17H,7-16H2,1-4H3. The Hall–Kier alpha value is -2.21. The van der Waals surface area contributed by atoms with Crippen molar-refractivity contribution in [1.29, 1.82) is 0 Å². The van der Waals surface area contributed by atoms with Gasteiger partial charge in [-0.2, -0.15) is 0 Å². The van der Waals surface area contributed by atoms with E-state index >= 15 is 0 Å². The molecule has 0 saturated carbocycles. The summed E-state index contributed by atoms with van der Waals surface area (Å²) in [6.07, 6.45) is 2.98. The third kappa shape index (κ3) is 4.27. The van der Waals surface area contributed by atoms with E-state index < -0.39 is 0 Å². The second-order valence-electron chi connectivity index (χ2n) is 10.6. The first-order chi connectivity index (χ1) is 14.6. The normalized spacial score (nSPS) is 23.2. The van der Waals surface area contributed by atoms with E-state index in [2.05, 4.69) is 44.7 Å². The lowest BCUT2D eigenvalue weighted by Crippen LogP contribution is -2.50. The van der Waals surface area contributed by atoms with E-state index in [4.69, 9.17) is 0 Å². The van der Waals surface area contributed by atoms with Crippen LogP contribution >= 0.6 is 0 Å². The Morgan fingerprint density at radius 1 is 0.839 bits per heavy atom. The molecule has 0 aromatic heterocycles. The summed E-state index contributed by atoms with van der Waals surface area (Å²) in [6.45, 7) is 13.2. The van der Waals surface area contributed by atoms with Crippen LogP contribution in [0.25, 0.3) is 0 Å². The summed E-state index contributed by atoms with van der Waals surface area (Å²) in [5.74, 6) is -0.0128. The van der Waals surface area contributed by atoms with Crippen molar-refractivity contribution >= 4 is 17.7 Å². The minimum absolute atomic E-state index is 0.0580. The molecule has 4 rings (SSSR count). The van der Waals surface area contributed by atoms with E-state index in [0.717, 1.165) is 31.5 Å². The van der Waals surface area contributed by atoms with Crippen LogP contribution in [0.5, 0.6) is 0 Å². The van der Waals surface area contributed by atoms with Crippen molar-refractivity contribution < 1.29 is 14.4 Å². The van der Waals surface area contributed by atoms with Gasteiger partial charge < -0.3 is 4.90 Å². The van der Waals surface area contributed by atoms with Crippen molar-refractivity contribution in [3.8, 4) is 0 Å². The molecule has 6 heteroatoms. The Morgan fingerprint density at radius 2 is 1.42 bits per heavy atom. The molecule has 0 atom stereocenters. The van der Waals surface area contributed by atoms with Gasteiger partial charge in [0.15, 0.2) is 0 Å². The van der Waals surface area contributed by atoms with E-state index in [1.807, 2.05) is 11.0 Å². The summed E-state index contributed by atoms with van der Waals surface area (Å²) in [5, 5.41) is 0. The van der Waals surface area contributed by atoms with Gasteiger partial charge in [0.2, 0.25) is 11.8 Å². The lowest BCUT2D eigenvalue weighted by Gasteiger charge is -2.42. The SMILES string of the molecule is CC1(C)CCC(C)(C)c2cc(C(=O)N3CCN(CCN4C(=O)CCC4=O)CC3)ccc21. The molecular weight excluding hydrogens is 390 g/mol. The second-order valence-corrected chi connectivity index (χ2v) is 10.6. The molecule has 1 aromatic rings. The van der Waals surface area contributed by atoms with Gasteiger partial charge in [0, 0.05) is 57.7 Å². The van der Waals surface area contributed by atoms with E-state index in [9.17, 15) is 14.4 Å². The maximum Gasteiger partial charge on any atom is 0.253 e. The first kappa shape index (κ1) is 22.0. The molecule has 0 unspecified atom stereocenters. The number of rotatable bonds is 4. The molecule has 6 nitrogen and oxygen atoms in total. The molecule has 3 aliphatic rings. The third-order valence-corrected chi connectivity index (χ3v) is 7.55. The van der Waals surface area contributed by atoms with Crippen LogP contribution < -0.4 is 0 Å². The summed E-state index contributed by atoms with van der Waals surface area (Å²) < 4.78 is 0. The Balaban J connectivity index is 1.38. The zero-order chi connectivity index (χ0) is 22.4. The maximum atomic E-state index is 13.2. The van der Waals surface area contributed by atoms with Crippen LogP contribution in [-0.2, 0) is 20.4 Å². The molecule has 1 aromatic carbocycles. The van der Waals surface area contributed by atoms with Gasteiger partial charge in [-0.3, -0.25) is 24.2 Å². The largest absolute Gasteiger partial charge is 0.336 e. The fraction of sp³-hybridized carbons (Fsp3) is 0.640. The number of piperazine rings is 1. The number of carbonyl (C=O) groups is 3. The van der Waals surface area contributed by atoms with Crippen LogP contribution in [0.2, 0.25) is 0 Å². The highest BCUT2D eigenvalue weighted by Gasteiger charge is 2.37. The molecule has 0 radical (unpaired) electrons. The predicted molar refractivity (Wildman–Crippen MR) is 120 cm³/mol. The highest BCUT2D eigenvalue weighted by Crippen LogP contribution is 2.45. The number of fused-ring (bicyclic) bond motifs is 1. The molecule has 168 valence electrons. The smallest absolute Gasteiger partial charge is 0.253 e. The molecule has 2 aliphatic heterocycles. The molecule has 2 saturated heterocycles. The van der Waals surface area contributed by atoms with E-state index in [1.165, 1.54) is 16.0 Å². The van der Waals surface area contributed by atoms with Gasteiger partial charge in [-0.1, -0.05) is 33.8 Å². The van der Waals surface area contributed by atoms with Gasteiger partial charge in [-0.15, -0.1) is 0 Å². The average Bonchev–Trinajstić information content (AvgIpc) is 3.07. The number of imide groups is 1. The van der Waals surface area contributed by atoms with E-state index in [-0.39, 0.29) is 28.6 Å². The zero-order valence-electron chi connectivity index (χ0n) is 19.4. The van der Waals surface area contributed by atoms with Crippen LogP contribution in [0.15, 0.2) is 18.2 Å². The molecule has 1 aliphatic carbocycles. The van der Waals surface area contributed by atoms with Gasteiger partial charge in [-0.05, 0) is 46.9 Å². The maximum absolute atomic E-state index is 13.2. The van der Waals surface area contributed by atoms with Crippen molar-refractivity contribution in [2.24, 2.45) is 0 Å². The predicted octanol–water partition coefficient (Wildman–Crippen LogP) is 2.94. The number of likely N-dealkylation sites (tertiary alicyclic amines) is 1. The summed E-state index contributed by atoms with van der Waals surface area (Å²) in [7, 11) is 0. The first-order valence-corrected chi connectivity index (χ1v) is 11.6. The van der Waals surface area contributed by atoms with E-state index in [1.54, 1.807) is 0 Å². The Bertz CT molecular complexity index is 881. The van der Waals surface area contributed by atoms with Crippen LogP contribution in [-0.4, -0.2) is 71.7 Å². The first-order valence-electron chi connectivity index (χ1n) is 11.6. The number of benzene rings is 1. The topological polar surface area (TPSA) is 60.9 Å².